The first-order valence-electron chi connectivity index (χ1n) is 9.02. The number of amides is 1. The molecule has 25 heavy (non-hydrogen) atoms. The van der Waals surface area contributed by atoms with Gasteiger partial charge in [-0.2, -0.15) is 0 Å². The molecule has 3 rings (SSSR count). The number of esters is 1. The fourth-order valence-electron chi connectivity index (χ4n) is 4.17. The molecule has 0 aromatic heterocycles. The van der Waals surface area contributed by atoms with E-state index in [1.165, 1.54) is 51.3 Å². The van der Waals surface area contributed by atoms with Gasteiger partial charge in [-0.1, -0.05) is 32.1 Å². The number of anilines is 1. The minimum atomic E-state index is -0.731. The van der Waals surface area contributed by atoms with Crippen LogP contribution < -0.4 is 10.6 Å². The topological polar surface area (TPSA) is 67.4 Å². The molecule has 6 heteroatoms. The van der Waals surface area contributed by atoms with Crippen LogP contribution in [0.15, 0.2) is 18.2 Å². The van der Waals surface area contributed by atoms with Crippen LogP contribution in [-0.4, -0.2) is 31.6 Å². The molecule has 0 spiro atoms. The van der Waals surface area contributed by atoms with Gasteiger partial charge < -0.3 is 15.4 Å². The van der Waals surface area contributed by atoms with Crippen molar-refractivity contribution in [3.05, 3.63) is 29.6 Å². The van der Waals surface area contributed by atoms with Crippen molar-refractivity contribution in [2.75, 3.05) is 19.0 Å². The standard InChI is InChI=1S/C19H25FN2O3/c1-25-19(24)15-8-7-13(11-16(15)20)22-18(23)17-14(9-10-21-17)12-5-3-2-4-6-12/h7-8,11-12,14,17,21H,2-6,9-10H2,1H3,(H,22,23)/t14?,17-/m0/s1. The van der Waals surface area contributed by atoms with E-state index in [1.807, 2.05) is 0 Å². The van der Waals surface area contributed by atoms with Gasteiger partial charge in [0, 0.05) is 5.69 Å². The summed E-state index contributed by atoms with van der Waals surface area (Å²) in [4.78, 5) is 24.1. The van der Waals surface area contributed by atoms with Crippen LogP contribution in [0.3, 0.4) is 0 Å². The molecule has 2 aliphatic rings. The second-order valence-electron chi connectivity index (χ2n) is 6.96. The van der Waals surface area contributed by atoms with E-state index >= 15 is 0 Å². The number of methoxy groups -OCH3 is 1. The lowest BCUT2D eigenvalue weighted by Crippen LogP contribution is -2.42. The Bertz CT molecular complexity index is 644. The third-order valence-electron chi connectivity index (χ3n) is 5.45. The van der Waals surface area contributed by atoms with Crippen LogP contribution >= 0.6 is 0 Å². The highest BCUT2D eigenvalue weighted by Crippen LogP contribution is 2.36. The molecule has 1 aromatic carbocycles. The van der Waals surface area contributed by atoms with Crippen molar-refractivity contribution in [3.8, 4) is 0 Å². The van der Waals surface area contributed by atoms with Crippen LogP contribution in [0.1, 0.15) is 48.9 Å². The Hall–Kier alpha value is -1.95. The summed E-state index contributed by atoms with van der Waals surface area (Å²) < 4.78 is 18.5. The van der Waals surface area contributed by atoms with Crippen LogP contribution in [0.5, 0.6) is 0 Å². The Morgan fingerprint density at radius 3 is 2.64 bits per heavy atom. The third-order valence-corrected chi connectivity index (χ3v) is 5.45. The number of rotatable bonds is 4. The summed E-state index contributed by atoms with van der Waals surface area (Å²) in [7, 11) is 1.20. The van der Waals surface area contributed by atoms with Crippen molar-refractivity contribution in [2.24, 2.45) is 11.8 Å². The molecule has 1 aliphatic carbocycles. The highest BCUT2D eigenvalue weighted by Gasteiger charge is 2.38. The molecule has 0 bridgehead atoms. The molecular weight excluding hydrogens is 323 g/mol. The van der Waals surface area contributed by atoms with Crippen molar-refractivity contribution in [2.45, 2.75) is 44.6 Å². The zero-order valence-corrected chi connectivity index (χ0v) is 14.5. The maximum atomic E-state index is 14.0. The predicted molar refractivity (Wildman–Crippen MR) is 92.8 cm³/mol. The molecule has 1 saturated carbocycles. The molecule has 1 heterocycles. The molecule has 5 nitrogen and oxygen atoms in total. The molecule has 2 atom stereocenters. The van der Waals surface area contributed by atoms with Gasteiger partial charge in [0.05, 0.1) is 18.7 Å². The van der Waals surface area contributed by atoms with Gasteiger partial charge in [-0.05, 0) is 43.0 Å². The molecule has 1 amide bonds. The first kappa shape index (κ1) is 17.9. The molecule has 1 unspecified atom stereocenters. The van der Waals surface area contributed by atoms with Crippen LogP contribution in [0.4, 0.5) is 10.1 Å². The maximum absolute atomic E-state index is 14.0. The Labute approximate surface area is 147 Å². The van der Waals surface area contributed by atoms with E-state index < -0.39 is 11.8 Å². The van der Waals surface area contributed by atoms with Gasteiger partial charge >= 0.3 is 5.97 Å². The van der Waals surface area contributed by atoms with E-state index in [2.05, 4.69) is 15.4 Å². The first-order chi connectivity index (χ1) is 12.1. The van der Waals surface area contributed by atoms with Gasteiger partial charge in [-0.25, -0.2) is 9.18 Å². The van der Waals surface area contributed by atoms with Crippen molar-refractivity contribution in [3.63, 3.8) is 0 Å². The molecule has 1 saturated heterocycles. The third kappa shape index (κ3) is 4.00. The van der Waals surface area contributed by atoms with Crippen molar-refractivity contribution in [1.82, 2.24) is 5.32 Å². The van der Waals surface area contributed by atoms with E-state index in [4.69, 9.17) is 0 Å². The fourth-order valence-corrected chi connectivity index (χ4v) is 4.17. The van der Waals surface area contributed by atoms with Crippen LogP contribution in [0.25, 0.3) is 0 Å². The minimum absolute atomic E-state index is 0.127. The number of benzene rings is 1. The molecule has 2 fully saturated rings. The second-order valence-corrected chi connectivity index (χ2v) is 6.96. The SMILES string of the molecule is COC(=O)c1ccc(NC(=O)[C@H]2NCCC2C2CCCCC2)cc1F. The summed E-state index contributed by atoms with van der Waals surface area (Å²) in [6.45, 7) is 0.842. The van der Waals surface area contributed by atoms with E-state index in [0.29, 0.717) is 17.5 Å². The molecule has 136 valence electrons. The van der Waals surface area contributed by atoms with Crippen LogP contribution in [0, 0.1) is 17.7 Å². The van der Waals surface area contributed by atoms with E-state index in [9.17, 15) is 14.0 Å². The van der Waals surface area contributed by atoms with E-state index in [-0.39, 0.29) is 17.5 Å². The molecule has 1 aliphatic heterocycles. The summed E-state index contributed by atoms with van der Waals surface area (Å²) in [5.74, 6) is -0.617. The van der Waals surface area contributed by atoms with Crippen molar-refractivity contribution >= 4 is 17.6 Å². The lowest BCUT2D eigenvalue weighted by molar-refractivity contribution is -0.119. The average molecular weight is 348 g/mol. The molecule has 0 radical (unpaired) electrons. The van der Waals surface area contributed by atoms with Crippen molar-refractivity contribution < 1.29 is 18.7 Å². The number of ether oxygens (including phenoxy) is 1. The highest BCUT2D eigenvalue weighted by atomic mass is 19.1. The summed E-state index contributed by atoms with van der Waals surface area (Å²) >= 11 is 0. The number of hydrogen-bond acceptors (Lipinski definition) is 4. The Balaban J connectivity index is 1.67. The largest absolute Gasteiger partial charge is 0.465 e. The number of carbonyl (C=O) groups excluding carboxylic acids is 2. The first-order valence-corrected chi connectivity index (χ1v) is 9.02. The Kier molecular flexibility index (Phi) is 5.68. The van der Waals surface area contributed by atoms with Gasteiger partial charge in [-0.3, -0.25) is 4.79 Å². The normalized spacial score (nSPS) is 24.1. The Morgan fingerprint density at radius 2 is 1.96 bits per heavy atom. The number of nitrogens with one attached hydrogen (secondary N) is 2. The van der Waals surface area contributed by atoms with Gasteiger partial charge in [0.15, 0.2) is 0 Å². The van der Waals surface area contributed by atoms with Gasteiger partial charge in [0.1, 0.15) is 5.82 Å². The molecular formula is C19H25FN2O3. The summed E-state index contributed by atoms with van der Waals surface area (Å²) in [6.07, 6.45) is 7.18. The van der Waals surface area contributed by atoms with E-state index in [0.717, 1.165) is 19.0 Å². The van der Waals surface area contributed by atoms with E-state index in [1.54, 1.807) is 0 Å². The smallest absolute Gasteiger partial charge is 0.340 e. The monoisotopic (exact) mass is 348 g/mol. The summed E-state index contributed by atoms with van der Waals surface area (Å²) in [6, 6.07) is 3.79. The zero-order chi connectivity index (χ0) is 17.8. The second kappa shape index (κ2) is 7.95. The highest BCUT2D eigenvalue weighted by molar-refractivity contribution is 5.96. The van der Waals surface area contributed by atoms with Gasteiger partial charge in [-0.15, -0.1) is 0 Å². The summed E-state index contributed by atoms with van der Waals surface area (Å²) in [5, 5.41) is 6.08. The Morgan fingerprint density at radius 1 is 1.20 bits per heavy atom. The quantitative estimate of drug-likeness (QED) is 0.821. The van der Waals surface area contributed by atoms with Crippen molar-refractivity contribution in [1.29, 1.82) is 0 Å². The number of halogens is 1. The number of carbonyl (C=O) groups is 2. The summed E-state index contributed by atoms with van der Waals surface area (Å²) in [5.41, 5.74) is 0.214. The fraction of sp³-hybridized carbons (Fsp3) is 0.579. The van der Waals surface area contributed by atoms with Crippen LogP contribution in [-0.2, 0) is 9.53 Å². The zero-order valence-electron chi connectivity index (χ0n) is 14.5. The molecule has 2 N–H and O–H groups in total. The van der Waals surface area contributed by atoms with Crippen LogP contribution in [0.2, 0.25) is 0 Å². The average Bonchev–Trinajstić information content (AvgIpc) is 3.12. The molecule has 1 aromatic rings. The lowest BCUT2D eigenvalue weighted by Gasteiger charge is -2.30. The lowest BCUT2D eigenvalue weighted by atomic mass is 9.76. The van der Waals surface area contributed by atoms with Gasteiger partial charge in [0.2, 0.25) is 5.91 Å². The van der Waals surface area contributed by atoms with Gasteiger partial charge in [0.25, 0.3) is 0 Å². The minimum Gasteiger partial charge on any atom is -0.465 e. The predicted octanol–water partition coefficient (Wildman–Crippen LogP) is 3.11. The number of hydrogen-bond donors (Lipinski definition) is 2. The maximum Gasteiger partial charge on any atom is 0.340 e.